The molecular formula is C18H20N4O2S2. The summed E-state index contributed by atoms with van der Waals surface area (Å²) in [7, 11) is 0. The van der Waals surface area contributed by atoms with Gasteiger partial charge in [-0.05, 0) is 22.9 Å². The summed E-state index contributed by atoms with van der Waals surface area (Å²) in [4.78, 5) is 35.6. The molecule has 1 fully saturated rings. The number of nitrogens with zero attached hydrogens (tertiary/aromatic N) is 4. The van der Waals surface area contributed by atoms with E-state index in [1.54, 1.807) is 28.3 Å². The molecule has 0 aromatic carbocycles. The number of piperazine rings is 1. The van der Waals surface area contributed by atoms with Crippen LogP contribution < -0.4 is 5.56 Å². The Morgan fingerprint density at radius 3 is 2.73 bits per heavy atom. The lowest BCUT2D eigenvalue weighted by Crippen LogP contribution is -2.48. The minimum absolute atomic E-state index is 0.0650. The number of hydrogen-bond donors (Lipinski definition) is 0. The van der Waals surface area contributed by atoms with Gasteiger partial charge in [0.1, 0.15) is 4.83 Å². The summed E-state index contributed by atoms with van der Waals surface area (Å²) in [5.74, 6) is 0.109. The second-order valence-electron chi connectivity index (χ2n) is 6.37. The first-order chi connectivity index (χ1) is 12.7. The van der Waals surface area contributed by atoms with Gasteiger partial charge in [0.15, 0.2) is 0 Å². The fourth-order valence-electron chi connectivity index (χ4n) is 3.21. The Labute approximate surface area is 159 Å². The molecule has 0 spiro atoms. The van der Waals surface area contributed by atoms with Gasteiger partial charge in [-0.2, -0.15) is 0 Å². The Bertz CT molecular complexity index is 940. The molecule has 3 aromatic rings. The number of thiophene rings is 2. The standard InChI is InChI=1S/C18H20N4O2S2/c23-16(3-5-22-13-19-17-15(18(22)24)4-11-26-17)21-8-6-20(7-9-21)12-14-2-1-10-25-14/h1-2,4,10-11,13H,3,5-9,12H2. The Balaban J connectivity index is 1.30. The first-order valence-corrected chi connectivity index (χ1v) is 10.4. The number of aromatic nitrogens is 2. The summed E-state index contributed by atoms with van der Waals surface area (Å²) in [6.07, 6.45) is 1.88. The van der Waals surface area contributed by atoms with Gasteiger partial charge in [0.2, 0.25) is 5.91 Å². The van der Waals surface area contributed by atoms with E-state index in [0.29, 0.717) is 18.4 Å². The first kappa shape index (κ1) is 17.4. The van der Waals surface area contributed by atoms with Gasteiger partial charge < -0.3 is 4.90 Å². The topological polar surface area (TPSA) is 58.4 Å². The van der Waals surface area contributed by atoms with Crippen molar-refractivity contribution < 1.29 is 4.79 Å². The van der Waals surface area contributed by atoms with Crippen LogP contribution in [0.2, 0.25) is 0 Å². The Hall–Kier alpha value is -2.03. The van der Waals surface area contributed by atoms with Gasteiger partial charge >= 0.3 is 0 Å². The van der Waals surface area contributed by atoms with Crippen molar-refractivity contribution in [1.82, 2.24) is 19.4 Å². The van der Waals surface area contributed by atoms with E-state index in [0.717, 1.165) is 37.6 Å². The highest BCUT2D eigenvalue weighted by Crippen LogP contribution is 2.15. The van der Waals surface area contributed by atoms with Crippen molar-refractivity contribution in [3.8, 4) is 0 Å². The number of amides is 1. The van der Waals surface area contributed by atoms with Crippen LogP contribution in [-0.4, -0.2) is 51.4 Å². The molecule has 8 heteroatoms. The number of aryl methyl sites for hydroxylation is 1. The highest BCUT2D eigenvalue weighted by Gasteiger charge is 2.21. The monoisotopic (exact) mass is 388 g/mol. The lowest BCUT2D eigenvalue weighted by molar-refractivity contribution is -0.133. The SMILES string of the molecule is O=C(CCn1cnc2sccc2c1=O)N1CCN(Cc2cccs2)CC1. The number of rotatable bonds is 5. The summed E-state index contributed by atoms with van der Waals surface area (Å²) in [6.45, 7) is 4.63. The second kappa shape index (κ2) is 7.69. The third-order valence-electron chi connectivity index (χ3n) is 4.70. The van der Waals surface area contributed by atoms with E-state index in [9.17, 15) is 9.59 Å². The van der Waals surface area contributed by atoms with Gasteiger partial charge in [0.05, 0.1) is 11.7 Å². The maximum Gasteiger partial charge on any atom is 0.262 e. The molecule has 0 bridgehead atoms. The van der Waals surface area contributed by atoms with Crippen molar-refractivity contribution in [3.05, 3.63) is 50.5 Å². The molecule has 1 amide bonds. The molecule has 1 aliphatic heterocycles. The molecule has 4 rings (SSSR count). The second-order valence-corrected chi connectivity index (χ2v) is 8.30. The predicted molar refractivity (Wildman–Crippen MR) is 105 cm³/mol. The minimum atomic E-state index is -0.0650. The molecule has 0 atom stereocenters. The summed E-state index contributed by atoms with van der Waals surface area (Å²) in [5.41, 5.74) is -0.0650. The molecule has 0 N–H and O–H groups in total. The highest BCUT2D eigenvalue weighted by molar-refractivity contribution is 7.16. The smallest absolute Gasteiger partial charge is 0.262 e. The molecule has 0 saturated carbocycles. The largest absolute Gasteiger partial charge is 0.340 e. The Morgan fingerprint density at radius 2 is 1.96 bits per heavy atom. The molecule has 1 aliphatic rings. The van der Waals surface area contributed by atoms with Crippen LogP contribution in [0.3, 0.4) is 0 Å². The predicted octanol–water partition coefficient (Wildman–Crippen LogP) is 2.25. The zero-order valence-electron chi connectivity index (χ0n) is 14.3. The number of fused-ring (bicyclic) bond motifs is 1. The first-order valence-electron chi connectivity index (χ1n) is 8.66. The van der Waals surface area contributed by atoms with Gasteiger partial charge in [-0.3, -0.25) is 19.1 Å². The molecule has 4 heterocycles. The fourth-order valence-corrected chi connectivity index (χ4v) is 4.67. The number of carbonyl (C=O) groups excluding carboxylic acids is 1. The van der Waals surface area contributed by atoms with Crippen LogP contribution in [-0.2, 0) is 17.9 Å². The number of carbonyl (C=O) groups is 1. The maximum atomic E-state index is 12.5. The van der Waals surface area contributed by atoms with E-state index in [4.69, 9.17) is 0 Å². The fraction of sp³-hybridized carbons (Fsp3) is 0.389. The molecule has 0 aliphatic carbocycles. The third-order valence-corrected chi connectivity index (χ3v) is 6.38. The van der Waals surface area contributed by atoms with Crippen molar-refractivity contribution in [2.24, 2.45) is 0 Å². The summed E-state index contributed by atoms with van der Waals surface area (Å²) >= 11 is 3.23. The maximum absolute atomic E-state index is 12.5. The highest BCUT2D eigenvalue weighted by atomic mass is 32.1. The molecule has 3 aromatic heterocycles. The van der Waals surface area contributed by atoms with Crippen molar-refractivity contribution >= 4 is 38.8 Å². The third kappa shape index (κ3) is 3.72. The van der Waals surface area contributed by atoms with Crippen LogP contribution in [0.25, 0.3) is 10.2 Å². The van der Waals surface area contributed by atoms with Crippen LogP contribution >= 0.6 is 22.7 Å². The van der Waals surface area contributed by atoms with Gasteiger partial charge in [-0.15, -0.1) is 22.7 Å². The van der Waals surface area contributed by atoms with Crippen molar-refractivity contribution in [2.75, 3.05) is 26.2 Å². The Kier molecular flexibility index (Phi) is 5.14. The van der Waals surface area contributed by atoms with Gasteiger partial charge in [0, 0.05) is 50.6 Å². The van der Waals surface area contributed by atoms with E-state index in [1.165, 1.54) is 16.2 Å². The quantitative estimate of drug-likeness (QED) is 0.673. The van der Waals surface area contributed by atoms with Crippen LogP contribution in [0.15, 0.2) is 40.1 Å². The van der Waals surface area contributed by atoms with Gasteiger partial charge in [-0.1, -0.05) is 6.07 Å². The normalized spacial score (nSPS) is 15.6. The lowest BCUT2D eigenvalue weighted by Gasteiger charge is -2.34. The van der Waals surface area contributed by atoms with Crippen LogP contribution in [0.1, 0.15) is 11.3 Å². The van der Waals surface area contributed by atoms with Crippen LogP contribution in [0, 0.1) is 0 Å². The zero-order chi connectivity index (χ0) is 17.9. The van der Waals surface area contributed by atoms with Crippen LogP contribution in [0.5, 0.6) is 0 Å². The summed E-state index contributed by atoms with van der Waals surface area (Å²) < 4.78 is 1.54. The Morgan fingerprint density at radius 1 is 1.12 bits per heavy atom. The molecule has 6 nitrogen and oxygen atoms in total. The van der Waals surface area contributed by atoms with Crippen molar-refractivity contribution in [1.29, 1.82) is 0 Å². The van der Waals surface area contributed by atoms with E-state index in [-0.39, 0.29) is 11.5 Å². The molecule has 136 valence electrons. The van der Waals surface area contributed by atoms with Gasteiger partial charge in [0.25, 0.3) is 5.56 Å². The molecular weight excluding hydrogens is 368 g/mol. The van der Waals surface area contributed by atoms with E-state index >= 15 is 0 Å². The zero-order valence-corrected chi connectivity index (χ0v) is 16.0. The van der Waals surface area contributed by atoms with Crippen molar-refractivity contribution in [2.45, 2.75) is 19.5 Å². The van der Waals surface area contributed by atoms with Crippen molar-refractivity contribution in [3.63, 3.8) is 0 Å². The van der Waals surface area contributed by atoms with E-state index in [1.807, 2.05) is 10.3 Å². The van der Waals surface area contributed by atoms with Crippen LogP contribution in [0.4, 0.5) is 0 Å². The number of hydrogen-bond acceptors (Lipinski definition) is 6. The average molecular weight is 389 g/mol. The van der Waals surface area contributed by atoms with E-state index < -0.39 is 0 Å². The minimum Gasteiger partial charge on any atom is -0.340 e. The molecule has 0 unspecified atom stereocenters. The molecule has 0 radical (unpaired) electrons. The molecule has 1 saturated heterocycles. The molecule has 26 heavy (non-hydrogen) atoms. The summed E-state index contributed by atoms with van der Waals surface area (Å²) in [6, 6.07) is 6.02. The summed E-state index contributed by atoms with van der Waals surface area (Å²) in [5, 5.41) is 4.59. The average Bonchev–Trinajstić information content (AvgIpc) is 3.33. The van der Waals surface area contributed by atoms with E-state index in [2.05, 4.69) is 27.4 Å². The van der Waals surface area contributed by atoms with Gasteiger partial charge in [-0.25, -0.2) is 4.98 Å². The lowest BCUT2D eigenvalue weighted by atomic mass is 10.2.